The predicted molar refractivity (Wildman–Crippen MR) is 48.9 cm³/mol. The summed E-state index contributed by atoms with van der Waals surface area (Å²) in [6.07, 6.45) is 2.08. The van der Waals surface area contributed by atoms with Crippen LogP contribution in [-0.2, 0) is 11.3 Å². The summed E-state index contributed by atoms with van der Waals surface area (Å²) >= 11 is 1.76. The minimum Gasteiger partial charge on any atom is -0.380 e. The maximum atomic E-state index is 5.06. The average molecular weight is 168 g/mol. The maximum Gasteiger partial charge on any atom is 0.0723 e. The van der Waals surface area contributed by atoms with E-state index in [1.807, 2.05) is 12.1 Å². The van der Waals surface area contributed by atoms with Crippen LogP contribution in [0.15, 0.2) is 29.2 Å². The van der Waals surface area contributed by atoms with Gasteiger partial charge in [0.25, 0.3) is 0 Å². The van der Waals surface area contributed by atoms with E-state index in [0.29, 0.717) is 6.61 Å². The van der Waals surface area contributed by atoms with Gasteiger partial charge in [-0.25, -0.2) is 0 Å². The first-order valence-electron chi connectivity index (χ1n) is 3.49. The molecule has 0 aliphatic heterocycles. The first-order chi connectivity index (χ1) is 5.38. The van der Waals surface area contributed by atoms with Gasteiger partial charge in [0.05, 0.1) is 6.61 Å². The molecule has 1 nitrogen and oxygen atoms in total. The molecule has 0 aliphatic carbocycles. The highest BCUT2D eigenvalue weighted by Gasteiger charge is 1.97. The van der Waals surface area contributed by atoms with Crippen molar-refractivity contribution >= 4 is 11.8 Å². The van der Waals surface area contributed by atoms with E-state index in [4.69, 9.17) is 4.74 Å². The normalized spacial score (nSPS) is 10.0. The van der Waals surface area contributed by atoms with Crippen LogP contribution in [0.1, 0.15) is 5.56 Å². The van der Waals surface area contributed by atoms with Crippen LogP contribution >= 0.6 is 11.8 Å². The number of hydrogen-bond acceptors (Lipinski definition) is 2. The molecule has 11 heavy (non-hydrogen) atoms. The van der Waals surface area contributed by atoms with E-state index < -0.39 is 0 Å². The molecule has 0 heterocycles. The predicted octanol–water partition coefficient (Wildman–Crippen LogP) is 2.55. The molecule has 0 amide bonds. The summed E-state index contributed by atoms with van der Waals surface area (Å²) in [4.78, 5) is 1.30. The second-order valence-corrected chi connectivity index (χ2v) is 3.09. The van der Waals surface area contributed by atoms with E-state index in [9.17, 15) is 0 Å². The smallest absolute Gasteiger partial charge is 0.0723 e. The fraction of sp³-hybridized carbons (Fsp3) is 0.333. The molecule has 0 fully saturated rings. The molecule has 1 aromatic rings. The zero-order chi connectivity index (χ0) is 8.10. The van der Waals surface area contributed by atoms with Gasteiger partial charge in [0.1, 0.15) is 0 Å². The molecule has 0 atom stereocenters. The maximum absolute atomic E-state index is 5.06. The Hall–Kier alpha value is -0.470. The molecule has 0 saturated heterocycles. The lowest BCUT2D eigenvalue weighted by atomic mass is 10.2. The van der Waals surface area contributed by atoms with Gasteiger partial charge in [0, 0.05) is 12.0 Å². The van der Waals surface area contributed by atoms with Crippen molar-refractivity contribution in [2.75, 3.05) is 13.4 Å². The zero-order valence-electron chi connectivity index (χ0n) is 6.83. The van der Waals surface area contributed by atoms with Gasteiger partial charge >= 0.3 is 0 Å². The van der Waals surface area contributed by atoms with E-state index >= 15 is 0 Å². The van der Waals surface area contributed by atoms with E-state index in [1.54, 1.807) is 18.9 Å². The van der Waals surface area contributed by atoms with Crippen molar-refractivity contribution in [3.8, 4) is 0 Å². The molecular weight excluding hydrogens is 156 g/mol. The molecule has 1 rings (SSSR count). The first kappa shape index (κ1) is 8.62. The van der Waals surface area contributed by atoms with Gasteiger partial charge < -0.3 is 4.74 Å². The van der Waals surface area contributed by atoms with Gasteiger partial charge in [-0.2, -0.15) is 0 Å². The Morgan fingerprint density at radius 3 is 2.73 bits per heavy atom. The lowest BCUT2D eigenvalue weighted by Gasteiger charge is -2.04. The summed E-state index contributed by atoms with van der Waals surface area (Å²) in [6.45, 7) is 0.705. The Morgan fingerprint density at radius 1 is 1.36 bits per heavy atom. The second-order valence-electron chi connectivity index (χ2n) is 2.24. The molecule has 60 valence electrons. The highest BCUT2D eigenvalue weighted by Crippen LogP contribution is 2.19. The molecule has 1 aromatic carbocycles. The van der Waals surface area contributed by atoms with Gasteiger partial charge in [0.2, 0.25) is 0 Å². The van der Waals surface area contributed by atoms with E-state index in [-0.39, 0.29) is 0 Å². The Balaban J connectivity index is 2.83. The topological polar surface area (TPSA) is 9.23 Å². The summed E-state index contributed by atoms with van der Waals surface area (Å²) in [6, 6.07) is 8.29. The largest absolute Gasteiger partial charge is 0.380 e. The van der Waals surface area contributed by atoms with Crippen LogP contribution in [0, 0.1) is 0 Å². The summed E-state index contributed by atoms with van der Waals surface area (Å²) in [5.41, 5.74) is 1.27. The average Bonchev–Trinajstić information content (AvgIpc) is 2.06. The number of ether oxygens (including phenoxy) is 1. The van der Waals surface area contributed by atoms with E-state index in [0.717, 1.165) is 0 Å². The number of hydrogen-bond donors (Lipinski definition) is 0. The Labute approximate surface area is 71.8 Å². The fourth-order valence-corrected chi connectivity index (χ4v) is 1.58. The van der Waals surface area contributed by atoms with E-state index in [1.165, 1.54) is 10.5 Å². The lowest BCUT2D eigenvalue weighted by molar-refractivity contribution is 0.183. The quantitative estimate of drug-likeness (QED) is 0.641. The summed E-state index contributed by atoms with van der Waals surface area (Å²) in [5, 5.41) is 0. The van der Waals surface area contributed by atoms with Gasteiger partial charge in [-0.05, 0) is 17.9 Å². The monoisotopic (exact) mass is 168 g/mol. The first-order valence-corrected chi connectivity index (χ1v) is 4.71. The molecule has 0 N–H and O–H groups in total. The summed E-state index contributed by atoms with van der Waals surface area (Å²) in [5.74, 6) is 0. The van der Waals surface area contributed by atoms with Crippen molar-refractivity contribution in [2.24, 2.45) is 0 Å². The lowest BCUT2D eigenvalue weighted by Crippen LogP contribution is -1.88. The third-order valence-corrected chi connectivity index (χ3v) is 2.33. The molecule has 2 heteroatoms. The third kappa shape index (κ3) is 2.24. The third-order valence-electron chi connectivity index (χ3n) is 1.49. The van der Waals surface area contributed by atoms with Gasteiger partial charge in [0.15, 0.2) is 0 Å². The molecule has 0 unspecified atom stereocenters. The molecule has 0 radical (unpaired) electrons. The van der Waals surface area contributed by atoms with Crippen LogP contribution in [-0.4, -0.2) is 13.4 Å². The Bertz CT molecular complexity index is 223. The van der Waals surface area contributed by atoms with Crippen LogP contribution in [0.4, 0.5) is 0 Å². The van der Waals surface area contributed by atoms with Gasteiger partial charge in [-0.3, -0.25) is 0 Å². The van der Waals surface area contributed by atoms with Crippen LogP contribution in [0.5, 0.6) is 0 Å². The van der Waals surface area contributed by atoms with Crippen molar-refractivity contribution in [1.29, 1.82) is 0 Å². The molecule has 0 aliphatic rings. The van der Waals surface area contributed by atoms with Crippen molar-refractivity contribution in [3.63, 3.8) is 0 Å². The van der Waals surface area contributed by atoms with Gasteiger partial charge in [-0.1, -0.05) is 18.2 Å². The molecule has 0 saturated carbocycles. The van der Waals surface area contributed by atoms with Crippen molar-refractivity contribution in [1.82, 2.24) is 0 Å². The van der Waals surface area contributed by atoms with Crippen molar-refractivity contribution in [3.05, 3.63) is 29.8 Å². The highest BCUT2D eigenvalue weighted by molar-refractivity contribution is 7.98. The van der Waals surface area contributed by atoms with Crippen molar-refractivity contribution in [2.45, 2.75) is 11.5 Å². The Morgan fingerprint density at radius 2 is 2.09 bits per heavy atom. The minimum atomic E-state index is 0.705. The molecule has 0 aromatic heterocycles. The van der Waals surface area contributed by atoms with Crippen LogP contribution in [0.2, 0.25) is 0 Å². The molecular formula is C9H12OS. The number of thioether (sulfide) groups is 1. The standard InChI is InChI=1S/C9H12OS/c1-10-7-8-5-3-4-6-9(8)11-2/h3-6H,7H2,1-2H3. The highest BCUT2D eigenvalue weighted by atomic mass is 32.2. The second kappa shape index (κ2) is 4.42. The van der Waals surface area contributed by atoms with Crippen molar-refractivity contribution < 1.29 is 4.74 Å². The Kier molecular flexibility index (Phi) is 3.46. The fourth-order valence-electron chi connectivity index (χ4n) is 0.978. The zero-order valence-corrected chi connectivity index (χ0v) is 7.65. The van der Waals surface area contributed by atoms with Crippen LogP contribution in [0.25, 0.3) is 0 Å². The molecule has 0 bridgehead atoms. The van der Waals surface area contributed by atoms with Crippen LogP contribution < -0.4 is 0 Å². The number of benzene rings is 1. The number of methoxy groups -OCH3 is 1. The SMILES string of the molecule is COCc1ccccc1SC. The summed E-state index contributed by atoms with van der Waals surface area (Å²) < 4.78 is 5.06. The number of rotatable bonds is 3. The molecule has 0 spiro atoms. The minimum absolute atomic E-state index is 0.705. The summed E-state index contributed by atoms with van der Waals surface area (Å²) in [7, 11) is 1.72. The van der Waals surface area contributed by atoms with Gasteiger partial charge in [-0.15, -0.1) is 11.8 Å². The van der Waals surface area contributed by atoms with Crippen LogP contribution in [0.3, 0.4) is 0 Å². The van der Waals surface area contributed by atoms with E-state index in [2.05, 4.69) is 18.4 Å².